The number of rotatable bonds is 6. The number of pyridine rings is 1. The number of carbonyl (C=O) groups is 4. The average molecular weight is 688 g/mol. The van der Waals surface area contributed by atoms with Gasteiger partial charge in [-0.25, -0.2) is 9.78 Å². The lowest BCUT2D eigenvalue weighted by Crippen LogP contribution is -2.30. The van der Waals surface area contributed by atoms with Gasteiger partial charge in [0.25, 0.3) is 0 Å². The molecular formula is C36H32BrClN2O5. The highest BCUT2D eigenvalue weighted by molar-refractivity contribution is 9.10. The first-order valence-corrected chi connectivity index (χ1v) is 16.2. The quantitative estimate of drug-likeness (QED) is 0.115. The number of carbonyl (C=O) groups excluding carboxylic acids is 4. The topological polar surface area (TPSA) is 93.6 Å². The third kappa shape index (κ3) is 5.70. The molecule has 1 saturated heterocycles. The van der Waals surface area contributed by atoms with Gasteiger partial charge >= 0.3 is 5.97 Å². The van der Waals surface area contributed by atoms with E-state index in [0.717, 1.165) is 30.4 Å². The van der Waals surface area contributed by atoms with Gasteiger partial charge in [0.1, 0.15) is 0 Å². The summed E-state index contributed by atoms with van der Waals surface area (Å²) in [6.07, 6.45) is 2.42. The number of esters is 1. The Bertz CT molecular complexity index is 1900. The predicted octanol–water partition coefficient (Wildman–Crippen LogP) is 8.21. The molecule has 0 N–H and O–H groups in total. The monoisotopic (exact) mass is 686 g/mol. The van der Waals surface area contributed by atoms with E-state index in [1.807, 2.05) is 26.8 Å². The van der Waals surface area contributed by atoms with E-state index < -0.39 is 12.6 Å². The first-order valence-electron chi connectivity index (χ1n) is 15.0. The van der Waals surface area contributed by atoms with Crippen molar-refractivity contribution in [3.8, 4) is 11.3 Å². The van der Waals surface area contributed by atoms with E-state index in [2.05, 4.69) is 22.9 Å². The predicted molar refractivity (Wildman–Crippen MR) is 178 cm³/mol. The molecule has 2 aliphatic rings. The third-order valence-corrected chi connectivity index (χ3v) is 10.6. The van der Waals surface area contributed by atoms with E-state index in [1.54, 1.807) is 48.5 Å². The van der Waals surface area contributed by atoms with Crippen molar-refractivity contribution in [1.29, 1.82) is 0 Å². The van der Waals surface area contributed by atoms with Crippen molar-refractivity contribution in [2.45, 2.75) is 47.0 Å². The van der Waals surface area contributed by atoms with Gasteiger partial charge in [-0.3, -0.25) is 19.3 Å². The van der Waals surface area contributed by atoms with Crippen LogP contribution in [0.1, 0.15) is 63.6 Å². The van der Waals surface area contributed by atoms with Crippen LogP contribution in [0.2, 0.25) is 5.02 Å². The Morgan fingerprint density at radius 3 is 2.38 bits per heavy atom. The molecule has 2 heterocycles. The van der Waals surface area contributed by atoms with Crippen molar-refractivity contribution in [2.75, 3.05) is 11.5 Å². The fraction of sp³-hybridized carbons (Fsp3) is 0.306. The Hall–Kier alpha value is -3.88. The number of fused-ring (bicyclic) bond motifs is 2. The van der Waals surface area contributed by atoms with Crippen molar-refractivity contribution in [3.63, 3.8) is 0 Å². The summed E-state index contributed by atoms with van der Waals surface area (Å²) in [6, 6.07) is 15.8. The van der Waals surface area contributed by atoms with Crippen molar-refractivity contribution < 1.29 is 23.9 Å². The van der Waals surface area contributed by atoms with Crippen LogP contribution in [-0.4, -0.2) is 35.2 Å². The van der Waals surface area contributed by atoms with Crippen molar-refractivity contribution in [2.24, 2.45) is 17.8 Å². The third-order valence-electron chi connectivity index (χ3n) is 9.22. The van der Waals surface area contributed by atoms with Gasteiger partial charge < -0.3 is 4.74 Å². The highest BCUT2D eigenvalue weighted by Gasteiger charge is 2.49. The molecule has 1 aromatic heterocycles. The molecule has 1 aliphatic carbocycles. The van der Waals surface area contributed by atoms with Crippen LogP contribution in [0.4, 0.5) is 5.69 Å². The molecule has 6 rings (SSSR count). The normalized spacial score (nSPS) is 19.6. The number of anilines is 1. The number of Topliss-reactive ketones (excluding diaryl/α,β-unsaturated/α-hetero) is 1. The van der Waals surface area contributed by atoms with Crippen molar-refractivity contribution >= 4 is 67.7 Å². The Balaban J connectivity index is 1.32. The molecule has 0 spiro atoms. The summed E-state index contributed by atoms with van der Waals surface area (Å²) in [5, 5.41) is 0.992. The maximum Gasteiger partial charge on any atom is 0.339 e. The lowest BCUT2D eigenvalue weighted by atomic mass is 9.76. The number of hydrogen-bond donors (Lipinski definition) is 0. The molecule has 2 fully saturated rings. The molecule has 1 saturated carbocycles. The number of ether oxygens (including phenoxy) is 1. The minimum atomic E-state index is -0.670. The van der Waals surface area contributed by atoms with Crippen LogP contribution in [-0.2, 0) is 14.3 Å². The Morgan fingerprint density at radius 2 is 1.67 bits per heavy atom. The first kappa shape index (κ1) is 31.1. The van der Waals surface area contributed by atoms with Crippen LogP contribution in [0.25, 0.3) is 22.2 Å². The van der Waals surface area contributed by atoms with Crippen LogP contribution in [0.15, 0.2) is 59.1 Å². The van der Waals surface area contributed by atoms with Gasteiger partial charge in [-0.2, -0.15) is 0 Å². The molecule has 3 unspecified atom stereocenters. The molecule has 2 amide bonds. The smallest absolute Gasteiger partial charge is 0.339 e. The largest absolute Gasteiger partial charge is 0.454 e. The number of aromatic nitrogens is 1. The van der Waals surface area contributed by atoms with E-state index in [1.165, 1.54) is 4.90 Å². The molecule has 4 aromatic rings. The highest BCUT2D eigenvalue weighted by atomic mass is 79.9. The van der Waals surface area contributed by atoms with Gasteiger partial charge in [-0.15, -0.1) is 0 Å². The molecule has 3 atom stereocenters. The van der Waals surface area contributed by atoms with Gasteiger partial charge in [0.15, 0.2) is 12.4 Å². The molecule has 45 heavy (non-hydrogen) atoms. The van der Waals surface area contributed by atoms with Crippen LogP contribution in [0.3, 0.4) is 0 Å². The lowest BCUT2D eigenvalue weighted by Gasteiger charge is -2.25. The van der Waals surface area contributed by atoms with Crippen LogP contribution < -0.4 is 4.90 Å². The number of aryl methyl sites for hydroxylation is 3. The lowest BCUT2D eigenvalue weighted by molar-refractivity contribution is -0.122. The van der Waals surface area contributed by atoms with Gasteiger partial charge in [0, 0.05) is 21.0 Å². The Kier molecular flexibility index (Phi) is 8.39. The number of hydrogen-bond acceptors (Lipinski definition) is 6. The zero-order chi connectivity index (χ0) is 32.2. The minimum absolute atomic E-state index is 0.135. The van der Waals surface area contributed by atoms with E-state index in [0.29, 0.717) is 54.4 Å². The van der Waals surface area contributed by atoms with Gasteiger partial charge in [-0.1, -0.05) is 42.8 Å². The second-order valence-corrected chi connectivity index (χ2v) is 13.5. The summed E-state index contributed by atoms with van der Waals surface area (Å²) < 4.78 is 6.14. The molecule has 3 aromatic carbocycles. The molecule has 0 radical (unpaired) electrons. The van der Waals surface area contributed by atoms with E-state index in [-0.39, 0.29) is 35.0 Å². The van der Waals surface area contributed by atoms with Crippen LogP contribution in [0.5, 0.6) is 0 Å². The molecule has 0 bridgehead atoms. The fourth-order valence-electron chi connectivity index (χ4n) is 6.41. The zero-order valence-electron chi connectivity index (χ0n) is 25.4. The number of halogens is 2. The second-order valence-electron chi connectivity index (χ2n) is 12.2. The Morgan fingerprint density at radius 1 is 0.956 bits per heavy atom. The second kappa shape index (κ2) is 12.1. The summed E-state index contributed by atoms with van der Waals surface area (Å²) >= 11 is 10.0. The van der Waals surface area contributed by atoms with Gasteiger partial charge in [0.05, 0.1) is 39.3 Å². The van der Waals surface area contributed by atoms with Crippen LogP contribution >= 0.6 is 27.5 Å². The summed E-state index contributed by atoms with van der Waals surface area (Å²) in [5.41, 5.74) is 5.60. The summed E-state index contributed by atoms with van der Waals surface area (Å²) in [7, 11) is 0. The maximum atomic E-state index is 13.5. The molecule has 230 valence electrons. The van der Waals surface area contributed by atoms with Crippen molar-refractivity contribution in [1.82, 2.24) is 4.98 Å². The molecule has 1 aliphatic heterocycles. The van der Waals surface area contributed by atoms with E-state index in [9.17, 15) is 19.2 Å². The average Bonchev–Trinajstić information content (AvgIpc) is 3.27. The first-order chi connectivity index (χ1) is 21.4. The van der Waals surface area contributed by atoms with E-state index in [4.69, 9.17) is 21.3 Å². The highest BCUT2D eigenvalue weighted by Crippen LogP contribution is 2.42. The standard InChI is InChI=1S/C36H32BrClN2O5/c1-18-5-12-25-27(13-18)35(43)40(34(25)42)24-10-8-22(9-11-24)30-16-28(26-15-29(37)32(38)21(4)33(26)39-30)36(44)45-17-31(41)23-7-6-19(2)20(3)14-23/h6-11,14-16,18,25,27H,5,12-13,17H2,1-4H3. The molecule has 7 nitrogen and oxygen atoms in total. The summed E-state index contributed by atoms with van der Waals surface area (Å²) in [5.74, 6) is -1.33. The van der Waals surface area contributed by atoms with Crippen LogP contribution in [0, 0.1) is 38.5 Å². The number of ketones is 1. The maximum absolute atomic E-state index is 13.5. The number of amides is 2. The minimum Gasteiger partial charge on any atom is -0.454 e. The number of benzene rings is 3. The molecule has 9 heteroatoms. The van der Waals surface area contributed by atoms with Crippen molar-refractivity contribution in [3.05, 3.63) is 91.9 Å². The molecular weight excluding hydrogens is 656 g/mol. The van der Waals surface area contributed by atoms with Gasteiger partial charge in [-0.05, 0) is 109 Å². The number of imide groups is 1. The zero-order valence-corrected chi connectivity index (χ0v) is 27.8. The fourth-order valence-corrected chi connectivity index (χ4v) is 7.08. The SMILES string of the molecule is Cc1ccc(C(=O)COC(=O)c2cc(-c3ccc(N4C(=O)C5CCC(C)CC5C4=O)cc3)nc3c(C)c(Cl)c(Br)cc23)cc1C. The van der Waals surface area contributed by atoms with Gasteiger partial charge in [0.2, 0.25) is 11.8 Å². The summed E-state index contributed by atoms with van der Waals surface area (Å²) in [6.45, 7) is 7.42. The number of nitrogens with zero attached hydrogens (tertiary/aromatic N) is 2. The van der Waals surface area contributed by atoms with E-state index >= 15 is 0 Å². The Labute approximate surface area is 275 Å². The summed E-state index contributed by atoms with van der Waals surface area (Å²) in [4.78, 5) is 59.0.